The molecule has 0 spiro atoms. The molecule has 0 radical (unpaired) electrons. The first kappa shape index (κ1) is 22.3. The van der Waals surface area contributed by atoms with Crippen LogP contribution in [-0.4, -0.2) is 68.1 Å². The number of nitrogens with one attached hydrogen (secondary N) is 1. The lowest BCUT2D eigenvalue weighted by Crippen LogP contribution is -2.71. The molecule has 0 aliphatic carbocycles. The maximum Gasteiger partial charge on any atom is 0.327 e. The number of carbonyl (C=O) groups excluding carboxylic acids is 2. The van der Waals surface area contributed by atoms with Crippen LogP contribution in [0, 0.1) is 0 Å². The predicted octanol–water partition coefficient (Wildman–Crippen LogP) is -0.588. The zero-order chi connectivity index (χ0) is 22.6. The highest BCUT2D eigenvalue weighted by Crippen LogP contribution is 2.50. The minimum absolute atomic E-state index is 0.137. The van der Waals surface area contributed by atoms with Crippen molar-refractivity contribution < 1.29 is 37.6 Å². The van der Waals surface area contributed by atoms with Crippen LogP contribution in [0.3, 0.4) is 0 Å². The Hall–Kier alpha value is -2.35. The molecule has 2 heterocycles. The van der Waals surface area contributed by atoms with Crippen LogP contribution in [0.1, 0.15) is 31.0 Å². The van der Waals surface area contributed by atoms with Crippen molar-refractivity contribution in [2.24, 2.45) is 5.73 Å². The van der Waals surface area contributed by atoms with E-state index in [1.807, 2.05) is 0 Å². The summed E-state index contributed by atoms with van der Waals surface area (Å²) in [5, 5.41) is 21.2. The van der Waals surface area contributed by atoms with Crippen LogP contribution in [0.4, 0.5) is 0 Å². The Morgan fingerprint density at radius 3 is 2.57 bits per heavy atom. The van der Waals surface area contributed by atoms with Gasteiger partial charge in [-0.05, 0) is 31.5 Å². The molecule has 1 aromatic rings. The van der Waals surface area contributed by atoms with E-state index in [0.717, 1.165) is 6.07 Å². The summed E-state index contributed by atoms with van der Waals surface area (Å²) >= 11 is 1.27. The highest BCUT2D eigenvalue weighted by Gasteiger charge is 2.64. The second-order valence-corrected chi connectivity index (χ2v) is 10.9. The maximum atomic E-state index is 12.6. The van der Waals surface area contributed by atoms with Crippen LogP contribution >= 0.6 is 11.8 Å². The molecule has 4 unspecified atom stereocenters. The standard InChI is InChI=1S/C17H21N3O8S2/c1-17(2)12(16(24)25)20-14(23)11(15(20)29-17)19-13(22)10(18)7-3-4-9(21)8(5-7)6-30(26,27)28/h3-5,10-12,15,21H,6,18H2,1-2H3,(H,19,22)(H,24,25)(H,26,27,28). The first-order valence-electron chi connectivity index (χ1n) is 8.78. The lowest BCUT2D eigenvalue weighted by Gasteiger charge is -2.43. The minimum Gasteiger partial charge on any atom is -0.508 e. The number of benzene rings is 1. The number of aliphatic carboxylic acids is 1. The van der Waals surface area contributed by atoms with E-state index < -0.39 is 67.7 Å². The Balaban J connectivity index is 1.74. The Kier molecular flexibility index (Phi) is 5.52. The van der Waals surface area contributed by atoms with Crippen molar-refractivity contribution in [2.45, 2.75) is 47.8 Å². The monoisotopic (exact) mass is 459 g/mol. The van der Waals surface area contributed by atoms with Gasteiger partial charge < -0.3 is 26.2 Å². The van der Waals surface area contributed by atoms with E-state index in [-0.39, 0.29) is 11.1 Å². The van der Waals surface area contributed by atoms with E-state index in [1.165, 1.54) is 28.8 Å². The Morgan fingerprint density at radius 2 is 2.00 bits per heavy atom. The molecule has 2 amide bonds. The molecule has 0 saturated carbocycles. The van der Waals surface area contributed by atoms with Crippen molar-refractivity contribution in [3.63, 3.8) is 0 Å². The Morgan fingerprint density at radius 1 is 1.37 bits per heavy atom. The summed E-state index contributed by atoms with van der Waals surface area (Å²) in [6.07, 6.45) is 0. The van der Waals surface area contributed by atoms with Crippen LogP contribution in [0.25, 0.3) is 0 Å². The third kappa shape index (κ3) is 3.97. The van der Waals surface area contributed by atoms with Gasteiger partial charge in [-0.25, -0.2) is 4.79 Å². The third-order valence-corrected chi connectivity index (χ3v) is 7.30. The van der Waals surface area contributed by atoms with Crippen LogP contribution in [0.2, 0.25) is 0 Å². The fourth-order valence-corrected chi connectivity index (χ4v) is 5.90. The Labute approximate surface area is 176 Å². The van der Waals surface area contributed by atoms with Crippen LogP contribution in [0.15, 0.2) is 18.2 Å². The molecule has 2 fully saturated rings. The number of phenols is 1. The SMILES string of the molecule is CC1(C)SC2C(NC(=O)C(N)c3ccc(O)c(CS(=O)(=O)O)c3)C(=O)N2C1C(=O)O. The maximum absolute atomic E-state index is 12.6. The molecule has 3 rings (SSSR count). The first-order valence-corrected chi connectivity index (χ1v) is 11.3. The number of amides is 2. The van der Waals surface area contributed by atoms with Gasteiger partial charge >= 0.3 is 5.97 Å². The predicted molar refractivity (Wildman–Crippen MR) is 106 cm³/mol. The number of carboxylic acids is 1. The number of hydrogen-bond acceptors (Lipinski definition) is 8. The zero-order valence-corrected chi connectivity index (χ0v) is 17.6. The first-order chi connectivity index (χ1) is 13.7. The summed E-state index contributed by atoms with van der Waals surface area (Å²) in [5.41, 5.74) is 5.95. The summed E-state index contributed by atoms with van der Waals surface area (Å²) in [6.45, 7) is 3.42. The number of fused-ring (bicyclic) bond motifs is 1. The van der Waals surface area contributed by atoms with E-state index in [2.05, 4.69) is 5.32 Å². The van der Waals surface area contributed by atoms with E-state index in [1.54, 1.807) is 13.8 Å². The van der Waals surface area contributed by atoms with Gasteiger partial charge in [-0.2, -0.15) is 8.42 Å². The van der Waals surface area contributed by atoms with Gasteiger partial charge in [0.2, 0.25) is 11.8 Å². The summed E-state index contributed by atoms with van der Waals surface area (Å²) in [5.74, 6) is -3.63. The number of aromatic hydroxyl groups is 1. The smallest absolute Gasteiger partial charge is 0.327 e. The van der Waals surface area contributed by atoms with E-state index in [9.17, 15) is 33.0 Å². The number of carbonyl (C=O) groups is 3. The van der Waals surface area contributed by atoms with Gasteiger partial charge in [-0.3, -0.25) is 14.1 Å². The van der Waals surface area contributed by atoms with Gasteiger partial charge in [0.15, 0.2) is 0 Å². The van der Waals surface area contributed by atoms with Gasteiger partial charge in [0.1, 0.15) is 35.0 Å². The second kappa shape index (κ2) is 7.41. The van der Waals surface area contributed by atoms with Gasteiger partial charge in [0, 0.05) is 10.3 Å². The summed E-state index contributed by atoms with van der Waals surface area (Å²) in [4.78, 5) is 37.8. The van der Waals surface area contributed by atoms with Crippen molar-refractivity contribution in [1.29, 1.82) is 0 Å². The van der Waals surface area contributed by atoms with Crippen molar-refractivity contribution in [3.8, 4) is 5.75 Å². The van der Waals surface area contributed by atoms with Gasteiger partial charge in [-0.1, -0.05) is 6.07 Å². The molecule has 0 bridgehead atoms. The normalized spacial score (nSPS) is 25.9. The highest BCUT2D eigenvalue weighted by molar-refractivity contribution is 8.01. The minimum atomic E-state index is -4.42. The molecule has 1 aromatic carbocycles. The Bertz CT molecular complexity index is 1030. The molecule has 2 aliphatic heterocycles. The molecule has 6 N–H and O–H groups in total. The average Bonchev–Trinajstić information content (AvgIpc) is 2.87. The van der Waals surface area contributed by atoms with E-state index in [0.29, 0.717) is 0 Å². The van der Waals surface area contributed by atoms with Crippen molar-refractivity contribution in [3.05, 3.63) is 29.3 Å². The molecule has 13 heteroatoms. The number of thioether (sulfide) groups is 1. The fourth-order valence-electron chi connectivity index (χ4n) is 3.65. The van der Waals surface area contributed by atoms with E-state index >= 15 is 0 Å². The molecule has 2 aliphatic rings. The molecule has 164 valence electrons. The number of nitrogens with two attached hydrogens (primary N) is 1. The number of hydrogen-bond donors (Lipinski definition) is 5. The zero-order valence-electron chi connectivity index (χ0n) is 16.0. The molecule has 30 heavy (non-hydrogen) atoms. The highest BCUT2D eigenvalue weighted by atomic mass is 32.2. The molecular formula is C17H21N3O8S2. The third-order valence-electron chi connectivity index (χ3n) is 5.06. The van der Waals surface area contributed by atoms with Crippen molar-refractivity contribution in [2.75, 3.05) is 0 Å². The summed E-state index contributed by atoms with van der Waals surface area (Å²) in [7, 11) is -4.42. The number of carboxylic acid groups (broad SMARTS) is 1. The lowest BCUT2D eigenvalue weighted by molar-refractivity contribution is -0.161. The van der Waals surface area contributed by atoms with Crippen LogP contribution in [0.5, 0.6) is 5.75 Å². The largest absolute Gasteiger partial charge is 0.508 e. The van der Waals surface area contributed by atoms with Crippen LogP contribution < -0.4 is 11.1 Å². The van der Waals surface area contributed by atoms with Gasteiger partial charge in [0.25, 0.3) is 10.1 Å². The van der Waals surface area contributed by atoms with Gasteiger partial charge in [0.05, 0.1) is 0 Å². The quantitative estimate of drug-likeness (QED) is 0.272. The molecule has 4 atom stereocenters. The number of nitrogens with zero attached hydrogens (tertiary/aromatic N) is 1. The average molecular weight is 460 g/mol. The molecule has 0 aromatic heterocycles. The molecular weight excluding hydrogens is 438 g/mol. The van der Waals surface area contributed by atoms with Crippen molar-refractivity contribution >= 4 is 39.7 Å². The van der Waals surface area contributed by atoms with E-state index in [4.69, 9.17) is 10.3 Å². The number of β-lactam (4-membered cyclic amide) rings is 1. The summed E-state index contributed by atoms with van der Waals surface area (Å²) in [6, 6.07) is 0.397. The van der Waals surface area contributed by atoms with Gasteiger partial charge in [-0.15, -0.1) is 11.8 Å². The molecule has 2 saturated heterocycles. The topological polar surface area (TPSA) is 187 Å². The second-order valence-electron chi connectivity index (χ2n) is 7.68. The lowest BCUT2D eigenvalue weighted by atomic mass is 9.95. The number of rotatable bonds is 6. The fraction of sp³-hybridized carbons (Fsp3) is 0.471. The summed E-state index contributed by atoms with van der Waals surface area (Å²) < 4.78 is 30.4. The van der Waals surface area contributed by atoms with Crippen LogP contribution in [-0.2, 0) is 30.3 Å². The van der Waals surface area contributed by atoms with Crippen molar-refractivity contribution in [1.82, 2.24) is 10.2 Å². The number of phenolic OH excluding ortho intramolecular Hbond substituents is 1. The molecule has 11 nitrogen and oxygen atoms in total.